The van der Waals surface area contributed by atoms with Gasteiger partial charge in [0.2, 0.25) is 0 Å². The molecule has 0 rings (SSSR count). The third-order valence-corrected chi connectivity index (χ3v) is 8.88. The second kappa shape index (κ2) is 8.64. The van der Waals surface area contributed by atoms with Gasteiger partial charge in [-0.2, -0.15) is 0 Å². The molecule has 140 valence electrons. The molecule has 7 nitrogen and oxygen atoms in total. The van der Waals surface area contributed by atoms with Gasteiger partial charge in [0, 0.05) is 6.92 Å². The fraction of sp³-hybridized carbons (Fsp3) is 0.750. The highest BCUT2D eigenvalue weighted by Crippen LogP contribution is 2.37. The van der Waals surface area contributed by atoms with Crippen molar-refractivity contribution in [1.29, 1.82) is 0 Å². The number of alkyl carbamates (subject to hydrolysis) is 1. The number of carbonyl (C=O) groups is 2. The van der Waals surface area contributed by atoms with E-state index in [9.17, 15) is 14.7 Å². The lowest BCUT2D eigenvalue weighted by Crippen LogP contribution is -2.61. The summed E-state index contributed by atoms with van der Waals surface area (Å²) in [5.74, 6) is -0.532. The summed E-state index contributed by atoms with van der Waals surface area (Å²) < 4.78 is 15.6. The molecule has 0 radical (unpaired) electrons. The number of amides is 1. The minimum atomic E-state index is -2.14. The minimum Gasteiger partial charge on any atom is -0.463 e. The zero-order chi connectivity index (χ0) is 19.2. The van der Waals surface area contributed by atoms with Crippen molar-refractivity contribution in [1.82, 2.24) is 5.32 Å². The number of esters is 1. The van der Waals surface area contributed by atoms with Crippen molar-refractivity contribution in [3.63, 3.8) is 0 Å². The molecular formula is C16H31NO6Si. The van der Waals surface area contributed by atoms with Crippen LogP contribution in [0.25, 0.3) is 0 Å². The van der Waals surface area contributed by atoms with E-state index in [1.165, 1.54) is 20.1 Å². The van der Waals surface area contributed by atoms with Gasteiger partial charge in [-0.15, -0.1) is 6.58 Å². The van der Waals surface area contributed by atoms with Crippen LogP contribution >= 0.6 is 0 Å². The smallest absolute Gasteiger partial charge is 0.407 e. The number of nitrogens with one attached hydrogen (secondary N) is 1. The van der Waals surface area contributed by atoms with E-state index in [0.717, 1.165) is 0 Å². The highest BCUT2D eigenvalue weighted by atomic mass is 28.4. The van der Waals surface area contributed by atoms with Crippen LogP contribution in [-0.4, -0.2) is 57.5 Å². The first-order valence-corrected chi connectivity index (χ1v) is 10.7. The van der Waals surface area contributed by atoms with Crippen molar-refractivity contribution in [2.45, 2.75) is 57.5 Å². The molecule has 0 fully saturated rings. The summed E-state index contributed by atoms with van der Waals surface area (Å²) in [5.41, 5.74) is -1.34. The van der Waals surface area contributed by atoms with Gasteiger partial charge in [0.25, 0.3) is 0 Å². The molecule has 2 atom stereocenters. The zero-order valence-corrected chi connectivity index (χ0v) is 16.8. The van der Waals surface area contributed by atoms with Crippen LogP contribution in [0.1, 0.15) is 27.7 Å². The topological polar surface area (TPSA) is 94.1 Å². The molecule has 1 amide bonds. The number of hydrogen-bond acceptors (Lipinski definition) is 6. The largest absolute Gasteiger partial charge is 0.463 e. The van der Waals surface area contributed by atoms with Crippen molar-refractivity contribution < 1.29 is 28.6 Å². The van der Waals surface area contributed by atoms with Gasteiger partial charge in [-0.05, 0) is 18.1 Å². The number of methoxy groups -OCH3 is 1. The summed E-state index contributed by atoms with van der Waals surface area (Å²) in [4.78, 5) is 22.7. The van der Waals surface area contributed by atoms with E-state index >= 15 is 0 Å². The van der Waals surface area contributed by atoms with Gasteiger partial charge in [0.15, 0.2) is 8.32 Å². The number of hydrogen-bond donors (Lipinski definition) is 2. The first-order valence-electron chi connectivity index (χ1n) is 7.76. The highest BCUT2D eigenvalue weighted by molar-refractivity contribution is 6.74. The average molecular weight is 362 g/mol. The molecule has 0 saturated heterocycles. The zero-order valence-electron chi connectivity index (χ0n) is 15.8. The predicted molar refractivity (Wildman–Crippen MR) is 94.3 cm³/mol. The van der Waals surface area contributed by atoms with Crippen LogP contribution in [0.3, 0.4) is 0 Å². The Morgan fingerprint density at radius 2 is 1.88 bits per heavy atom. The molecule has 0 unspecified atom stereocenters. The van der Waals surface area contributed by atoms with Gasteiger partial charge in [0.05, 0.1) is 13.7 Å². The summed E-state index contributed by atoms with van der Waals surface area (Å²) >= 11 is 0. The molecule has 24 heavy (non-hydrogen) atoms. The maximum absolute atomic E-state index is 11.7. The van der Waals surface area contributed by atoms with Crippen LogP contribution in [0.15, 0.2) is 12.7 Å². The van der Waals surface area contributed by atoms with Crippen molar-refractivity contribution >= 4 is 20.4 Å². The van der Waals surface area contributed by atoms with Gasteiger partial charge in [-0.25, -0.2) is 4.79 Å². The average Bonchev–Trinajstić information content (AvgIpc) is 2.47. The number of aliphatic hydroxyl groups excluding tert-OH is 1. The lowest BCUT2D eigenvalue weighted by molar-refractivity contribution is -0.145. The SMILES string of the molecule is C=C[C@](CO[Si](C)(C)C(C)(C)C)(NC(=O)OC)[C@H](O)COC(C)=O. The Balaban J connectivity index is 5.40. The number of carbonyl (C=O) groups excluding carboxylic acids is 2. The fourth-order valence-corrected chi connectivity index (χ4v) is 2.60. The summed E-state index contributed by atoms with van der Waals surface area (Å²) in [6.07, 6.45) is -0.594. The van der Waals surface area contributed by atoms with Crippen LogP contribution in [0.4, 0.5) is 4.79 Å². The molecule has 0 aliphatic heterocycles. The molecule has 0 aliphatic carbocycles. The first-order chi connectivity index (χ1) is 10.8. The van der Waals surface area contributed by atoms with Crippen LogP contribution in [0.2, 0.25) is 18.1 Å². The molecule has 0 aromatic carbocycles. The number of rotatable bonds is 8. The highest BCUT2D eigenvalue weighted by Gasteiger charge is 2.43. The normalized spacial score (nSPS) is 15.8. The molecule has 0 saturated carbocycles. The Hall–Kier alpha value is -1.38. The van der Waals surface area contributed by atoms with E-state index in [0.29, 0.717) is 0 Å². The third-order valence-electron chi connectivity index (χ3n) is 4.40. The fourth-order valence-electron chi connectivity index (χ4n) is 1.56. The summed E-state index contributed by atoms with van der Waals surface area (Å²) in [5, 5.41) is 13.0. The lowest BCUT2D eigenvalue weighted by Gasteiger charge is -2.41. The van der Waals surface area contributed by atoms with Gasteiger partial charge in [-0.1, -0.05) is 26.8 Å². The van der Waals surface area contributed by atoms with Crippen molar-refractivity contribution in [3.8, 4) is 0 Å². The molecule has 0 bridgehead atoms. The Bertz CT molecular complexity index is 460. The summed E-state index contributed by atoms with van der Waals surface area (Å²) in [6, 6.07) is 0. The lowest BCUT2D eigenvalue weighted by atomic mass is 9.94. The Morgan fingerprint density at radius 1 is 1.33 bits per heavy atom. The Morgan fingerprint density at radius 3 is 2.25 bits per heavy atom. The van der Waals surface area contributed by atoms with E-state index in [1.807, 2.05) is 0 Å². The second-order valence-corrected chi connectivity index (χ2v) is 12.0. The molecule has 0 aliphatic rings. The molecule has 0 aromatic heterocycles. The number of aliphatic hydroxyl groups is 1. The van der Waals surface area contributed by atoms with Gasteiger partial charge < -0.3 is 24.3 Å². The standard InChI is InChI=1S/C16H31NO6Si/c1-9-16(17-14(20)21-6,13(19)10-22-12(2)18)11-23-24(7,8)15(3,4)5/h9,13,19H,1,10-11H2,2-8H3,(H,17,20)/t13-,16-/m1/s1. The van der Waals surface area contributed by atoms with E-state index in [4.69, 9.17) is 9.16 Å². The molecular weight excluding hydrogens is 330 g/mol. The quantitative estimate of drug-likeness (QED) is 0.391. The van der Waals surface area contributed by atoms with Gasteiger partial charge >= 0.3 is 12.1 Å². The van der Waals surface area contributed by atoms with Crippen LogP contribution in [0, 0.1) is 0 Å². The minimum absolute atomic E-state index is 0.00940. The van der Waals surface area contributed by atoms with E-state index in [2.05, 4.69) is 50.5 Å². The molecule has 0 heterocycles. The number of ether oxygens (including phenoxy) is 2. The molecule has 0 aromatic rings. The monoisotopic (exact) mass is 361 g/mol. The molecule has 2 N–H and O–H groups in total. The summed E-state index contributed by atoms with van der Waals surface area (Å²) in [6.45, 7) is 15.0. The van der Waals surface area contributed by atoms with Crippen molar-refractivity contribution in [2.24, 2.45) is 0 Å². The van der Waals surface area contributed by atoms with Crippen LogP contribution in [-0.2, 0) is 18.7 Å². The maximum Gasteiger partial charge on any atom is 0.407 e. The van der Waals surface area contributed by atoms with Crippen LogP contribution in [0.5, 0.6) is 0 Å². The molecule has 8 heteroatoms. The van der Waals surface area contributed by atoms with Crippen molar-refractivity contribution in [2.75, 3.05) is 20.3 Å². The van der Waals surface area contributed by atoms with Gasteiger partial charge in [-0.3, -0.25) is 4.79 Å². The molecule has 0 spiro atoms. The maximum atomic E-state index is 11.7. The van der Waals surface area contributed by atoms with E-state index in [1.54, 1.807) is 0 Å². The Kier molecular flexibility index (Phi) is 8.14. The summed E-state index contributed by atoms with van der Waals surface area (Å²) in [7, 11) is -0.923. The van der Waals surface area contributed by atoms with Gasteiger partial charge in [0.1, 0.15) is 18.2 Å². The van der Waals surface area contributed by atoms with E-state index in [-0.39, 0.29) is 18.3 Å². The van der Waals surface area contributed by atoms with Crippen LogP contribution < -0.4 is 5.32 Å². The van der Waals surface area contributed by atoms with E-state index < -0.39 is 32.0 Å². The first kappa shape index (κ1) is 22.6. The second-order valence-electron chi connectivity index (χ2n) is 7.23. The van der Waals surface area contributed by atoms with Crippen molar-refractivity contribution in [3.05, 3.63) is 12.7 Å². The predicted octanol–water partition coefficient (Wildman–Crippen LogP) is 2.21. The third kappa shape index (κ3) is 6.25. The Labute approximate surface area is 145 Å².